The standard InChI is InChI=1S/C14H25N3O4/c1-11(7-16-5-3-4-6-16)15-13(20)17-9-14(2,10-17)21-8-12(18)19/h11H,3-10H2,1-2H3,(H,15,20)(H,18,19). The van der Waals surface area contributed by atoms with Crippen molar-refractivity contribution in [1.29, 1.82) is 0 Å². The van der Waals surface area contributed by atoms with Gasteiger partial charge in [-0.25, -0.2) is 9.59 Å². The van der Waals surface area contributed by atoms with Crippen LogP contribution in [0.3, 0.4) is 0 Å². The van der Waals surface area contributed by atoms with E-state index < -0.39 is 11.6 Å². The van der Waals surface area contributed by atoms with Crippen molar-refractivity contribution in [3.05, 3.63) is 0 Å². The van der Waals surface area contributed by atoms with Crippen LogP contribution in [0.4, 0.5) is 4.79 Å². The zero-order valence-corrected chi connectivity index (χ0v) is 12.8. The average molecular weight is 299 g/mol. The first-order valence-electron chi connectivity index (χ1n) is 7.51. The summed E-state index contributed by atoms with van der Waals surface area (Å²) in [4.78, 5) is 26.6. The minimum Gasteiger partial charge on any atom is -0.480 e. The van der Waals surface area contributed by atoms with E-state index in [4.69, 9.17) is 9.84 Å². The smallest absolute Gasteiger partial charge is 0.329 e. The molecule has 2 aliphatic heterocycles. The summed E-state index contributed by atoms with van der Waals surface area (Å²) >= 11 is 0. The van der Waals surface area contributed by atoms with Crippen molar-refractivity contribution >= 4 is 12.0 Å². The third kappa shape index (κ3) is 4.57. The highest BCUT2D eigenvalue weighted by atomic mass is 16.5. The van der Waals surface area contributed by atoms with E-state index in [9.17, 15) is 9.59 Å². The number of nitrogens with zero attached hydrogens (tertiary/aromatic N) is 2. The summed E-state index contributed by atoms with van der Waals surface area (Å²) < 4.78 is 5.29. The van der Waals surface area contributed by atoms with Crippen LogP contribution >= 0.6 is 0 Å². The maximum Gasteiger partial charge on any atom is 0.329 e. The predicted molar refractivity (Wildman–Crippen MR) is 77.2 cm³/mol. The van der Waals surface area contributed by atoms with E-state index in [1.807, 2.05) is 13.8 Å². The molecule has 2 amide bonds. The predicted octanol–water partition coefficient (Wildman–Crippen LogP) is 0.356. The van der Waals surface area contributed by atoms with Crippen LogP contribution in [0.5, 0.6) is 0 Å². The Morgan fingerprint density at radius 2 is 1.95 bits per heavy atom. The van der Waals surface area contributed by atoms with Gasteiger partial charge in [-0.3, -0.25) is 0 Å². The molecule has 1 unspecified atom stereocenters. The van der Waals surface area contributed by atoms with Crippen LogP contribution in [0.1, 0.15) is 26.7 Å². The molecule has 0 aromatic carbocycles. The first kappa shape index (κ1) is 16.0. The number of hydrogen-bond acceptors (Lipinski definition) is 4. The molecule has 0 saturated carbocycles. The van der Waals surface area contributed by atoms with Crippen molar-refractivity contribution in [3.8, 4) is 0 Å². The van der Waals surface area contributed by atoms with Crippen LogP contribution in [0.15, 0.2) is 0 Å². The van der Waals surface area contributed by atoms with Gasteiger partial charge in [-0.15, -0.1) is 0 Å². The molecule has 21 heavy (non-hydrogen) atoms. The van der Waals surface area contributed by atoms with E-state index in [2.05, 4.69) is 10.2 Å². The number of hydrogen-bond donors (Lipinski definition) is 2. The summed E-state index contributed by atoms with van der Waals surface area (Å²) in [6, 6.07) is 0.0143. The molecule has 7 heteroatoms. The number of ether oxygens (including phenoxy) is 1. The molecule has 0 spiro atoms. The Hall–Kier alpha value is -1.34. The van der Waals surface area contributed by atoms with Gasteiger partial charge in [0.05, 0.1) is 13.1 Å². The van der Waals surface area contributed by atoms with E-state index in [0.29, 0.717) is 13.1 Å². The Morgan fingerprint density at radius 3 is 2.52 bits per heavy atom. The van der Waals surface area contributed by atoms with Crippen LogP contribution in [-0.2, 0) is 9.53 Å². The number of carbonyl (C=O) groups excluding carboxylic acids is 1. The van der Waals surface area contributed by atoms with Crippen LogP contribution < -0.4 is 5.32 Å². The number of likely N-dealkylation sites (tertiary alicyclic amines) is 2. The van der Waals surface area contributed by atoms with Gasteiger partial charge in [-0.05, 0) is 39.8 Å². The highest BCUT2D eigenvalue weighted by Gasteiger charge is 2.43. The van der Waals surface area contributed by atoms with E-state index >= 15 is 0 Å². The van der Waals surface area contributed by atoms with Crippen LogP contribution in [0, 0.1) is 0 Å². The zero-order chi connectivity index (χ0) is 15.5. The number of rotatable bonds is 6. The summed E-state index contributed by atoms with van der Waals surface area (Å²) in [7, 11) is 0. The maximum atomic E-state index is 12.1. The van der Waals surface area contributed by atoms with Gasteiger partial charge in [-0.1, -0.05) is 0 Å². The van der Waals surface area contributed by atoms with Gasteiger partial charge >= 0.3 is 12.0 Å². The summed E-state index contributed by atoms with van der Waals surface area (Å²) in [5.74, 6) is -0.988. The highest BCUT2D eigenvalue weighted by molar-refractivity contribution is 5.76. The van der Waals surface area contributed by atoms with Crippen LogP contribution in [-0.4, -0.2) is 77.9 Å². The monoisotopic (exact) mass is 299 g/mol. The van der Waals surface area contributed by atoms with Gasteiger partial charge in [-0.2, -0.15) is 0 Å². The first-order chi connectivity index (χ1) is 9.88. The van der Waals surface area contributed by atoms with Crippen LogP contribution in [0.2, 0.25) is 0 Å². The first-order valence-corrected chi connectivity index (χ1v) is 7.51. The second kappa shape index (κ2) is 6.62. The van der Waals surface area contributed by atoms with Crippen molar-refractivity contribution in [3.63, 3.8) is 0 Å². The minimum absolute atomic E-state index is 0.0990. The van der Waals surface area contributed by atoms with E-state index in [0.717, 1.165) is 19.6 Å². The quantitative estimate of drug-likeness (QED) is 0.740. The molecule has 2 fully saturated rings. The van der Waals surface area contributed by atoms with Gasteiger partial charge in [0.25, 0.3) is 0 Å². The number of urea groups is 1. The van der Waals surface area contributed by atoms with Crippen molar-refractivity contribution in [2.75, 3.05) is 39.3 Å². The Morgan fingerprint density at radius 1 is 1.33 bits per heavy atom. The lowest BCUT2D eigenvalue weighted by Gasteiger charge is -2.47. The van der Waals surface area contributed by atoms with E-state index in [1.54, 1.807) is 4.90 Å². The number of nitrogens with one attached hydrogen (secondary N) is 1. The Balaban J connectivity index is 1.66. The van der Waals surface area contributed by atoms with Crippen molar-refractivity contribution in [2.45, 2.75) is 38.3 Å². The Labute approximate surface area is 125 Å². The number of carboxylic acids is 1. The molecule has 2 heterocycles. The molecule has 7 nitrogen and oxygen atoms in total. The lowest BCUT2D eigenvalue weighted by atomic mass is 9.97. The van der Waals surface area contributed by atoms with E-state index in [-0.39, 0.29) is 18.7 Å². The number of aliphatic carboxylic acids is 1. The third-order valence-corrected chi connectivity index (χ3v) is 3.98. The van der Waals surface area contributed by atoms with Gasteiger partial charge in [0.15, 0.2) is 0 Å². The summed E-state index contributed by atoms with van der Waals surface area (Å²) in [6.07, 6.45) is 2.48. The second-order valence-corrected chi connectivity index (χ2v) is 6.35. The molecule has 2 aliphatic rings. The summed E-state index contributed by atoms with van der Waals surface area (Å²) in [6.45, 7) is 7.49. The molecule has 0 aliphatic carbocycles. The number of carboxylic acid groups (broad SMARTS) is 1. The third-order valence-electron chi connectivity index (χ3n) is 3.98. The summed E-state index contributed by atoms with van der Waals surface area (Å²) in [5.41, 5.74) is -0.534. The molecule has 0 aromatic rings. The molecular formula is C14H25N3O4. The fraction of sp³-hybridized carbons (Fsp3) is 0.857. The highest BCUT2D eigenvalue weighted by Crippen LogP contribution is 2.24. The molecule has 0 aromatic heterocycles. The second-order valence-electron chi connectivity index (χ2n) is 6.35. The lowest BCUT2D eigenvalue weighted by molar-refractivity contribution is -0.159. The number of carbonyl (C=O) groups is 2. The van der Waals surface area contributed by atoms with Gasteiger partial charge in [0.1, 0.15) is 12.2 Å². The van der Waals surface area contributed by atoms with Gasteiger partial charge < -0.3 is 25.0 Å². The van der Waals surface area contributed by atoms with Crippen LogP contribution in [0.25, 0.3) is 0 Å². The zero-order valence-electron chi connectivity index (χ0n) is 12.8. The van der Waals surface area contributed by atoms with E-state index in [1.165, 1.54) is 12.8 Å². The molecule has 0 bridgehead atoms. The Bertz CT molecular complexity index is 390. The minimum atomic E-state index is -0.988. The average Bonchev–Trinajstić information content (AvgIpc) is 2.85. The SMILES string of the molecule is CC(CN1CCCC1)NC(=O)N1CC(C)(OCC(=O)O)C1. The summed E-state index contributed by atoms with van der Waals surface area (Å²) in [5, 5.41) is 11.6. The maximum absolute atomic E-state index is 12.1. The normalized spacial score (nSPS) is 22.7. The molecule has 120 valence electrons. The molecule has 1 atom stereocenters. The molecule has 0 radical (unpaired) electrons. The number of amides is 2. The van der Waals surface area contributed by atoms with Crippen molar-refractivity contribution < 1.29 is 19.4 Å². The fourth-order valence-electron chi connectivity index (χ4n) is 2.93. The topological polar surface area (TPSA) is 82.1 Å². The largest absolute Gasteiger partial charge is 0.480 e. The lowest BCUT2D eigenvalue weighted by Crippen LogP contribution is -2.66. The molecular weight excluding hydrogens is 274 g/mol. The van der Waals surface area contributed by atoms with Gasteiger partial charge in [0, 0.05) is 12.6 Å². The fourth-order valence-corrected chi connectivity index (χ4v) is 2.93. The molecule has 2 rings (SSSR count). The van der Waals surface area contributed by atoms with Crippen molar-refractivity contribution in [1.82, 2.24) is 15.1 Å². The molecule has 2 N–H and O–H groups in total. The van der Waals surface area contributed by atoms with Gasteiger partial charge in [0.2, 0.25) is 0 Å². The Kier molecular flexibility index (Phi) is 5.05. The van der Waals surface area contributed by atoms with Crippen molar-refractivity contribution in [2.24, 2.45) is 0 Å². The molecule has 2 saturated heterocycles.